The summed E-state index contributed by atoms with van der Waals surface area (Å²) in [6.45, 7) is 8.57. The van der Waals surface area contributed by atoms with Crippen molar-refractivity contribution in [2.24, 2.45) is 0 Å². The standard InChI is InChI=1S/C25H28ClN5O/c1-17(2)30-14-19-13-20(26)7-8-22(19)31-23(15-30)27-28-24(31)29-11-9-25(10-12-29)21-6-4-3-5-18(21)16-32-25/h3-8,13,17H,9-12,14-16H2,1-2H3. The van der Waals surface area contributed by atoms with Crippen LogP contribution in [0.3, 0.4) is 0 Å². The van der Waals surface area contributed by atoms with E-state index in [-0.39, 0.29) is 5.60 Å². The Morgan fingerprint density at radius 1 is 1.00 bits per heavy atom. The zero-order valence-electron chi connectivity index (χ0n) is 18.6. The van der Waals surface area contributed by atoms with Crippen molar-refractivity contribution in [1.29, 1.82) is 0 Å². The molecule has 6 rings (SSSR count). The van der Waals surface area contributed by atoms with Gasteiger partial charge >= 0.3 is 0 Å². The van der Waals surface area contributed by atoms with Gasteiger partial charge in [-0.2, -0.15) is 0 Å². The molecule has 2 aromatic carbocycles. The molecule has 3 aliphatic heterocycles. The number of piperidine rings is 1. The summed E-state index contributed by atoms with van der Waals surface area (Å²) < 4.78 is 8.61. The average Bonchev–Trinajstić information content (AvgIpc) is 3.32. The molecule has 0 amide bonds. The van der Waals surface area contributed by atoms with E-state index in [0.29, 0.717) is 6.04 Å². The molecule has 4 heterocycles. The summed E-state index contributed by atoms with van der Waals surface area (Å²) in [5, 5.41) is 10.1. The van der Waals surface area contributed by atoms with Crippen LogP contribution in [0.1, 0.15) is 49.2 Å². The van der Waals surface area contributed by atoms with Crippen molar-refractivity contribution in [3.8, 4) is 5.69 Å². The van der Waals surface area contributed by atoms with Crippen LogP contribution in [0.4, 0.5) is 5.95 Å². The highest BCUT2D eigenvalue weighted by molar-refractivity contribution is 6.30. The van der Waals surface area contributed by atoms with Gasteiger partial charge in [-0.1, -0.05) is 35.9 Å². The number of aromatic nitrogens is 3. The predicted octanol–water partition coefficient (Wildman–Crippen LogP) is 4.67. The molecule has 32 heavy (non-hydrogen) atoms. The van der Waals surface area contributed by atoms with Crippen molar-refractivity contribution in [3.63, 3.8) is 0 Å². The maximum Gasteiger partial charge on any atom is 0.231 e. The Balaban J connectivity index is 1.34. The van der Waals surface area contributed by atoms with Crippen LogP contribution in [-0.2, 0) is 30.0 Å². The maximum atomic E-state index is 6.37. The van der Waals surface area contributed by atoms with E-state index in [1.165, 1.54) is 16.7 Å². The van der Waals surface area contributed by atoms with Crippen LogP contribution in [0.2, 0.25) is 5.02 Å². The highest BCUT2D eigenvalue weighted by Crippen LogP contribution is 2.44. The fourth-order valence-electron chi connectivity index (χ4n) is 5.45. The minimum absolute atomic E-state index is 0.158. The quantitative estimate of drug-likeness (QED) is 0.569. The molecule has 0 aliphatic carbocycles. The van der Waals surface area contributed by atoms with Gasteiger partial charge in [0.2, 0.25) is 5.95 Å². The molecule has 1 aromatic heterocycles. The lowest BCUT2D eigenvalue weighted by Crippen LogP contribution is -2.43. The zero-order valence-corrected chi connectivity index (χ0v) is 19.3. The fourth-order valence-corrected chi connectivity index (χ4v) is 5.64. The lowest BCUT2D eigenvalue weighted by Gasteiger charge is -2.39. The zero-order chi connectivity index (χ0) is 21.9. The molecule has 0 atom stereocenters. The molecule has 1 spiro atoms. The Kier molecular flexibility index (Phi) is 4.79. The molecule has 0 unspecified atom stereocenters. The molecule has 0 radical (unpaired) electrons. The molecule has 1 fully saturated rings. The van der Waals surface area contributed by atoms with E-state index in [9.17, 15) is 0 Å². The van der Waals surface area contributed by atoms with Gasteiger partial charge in [0.15, 0.2) is 5.82 Å². The highest BCUT2D eigenvalue weighted by atomic mass is 35.5. The van der Waals surface area contributed by atoms with Gasteiger partial charge in [0, 0.05) is 30.7 Å². The first-order valence-electron chi connectivity index (χ1n) is 11.5. The topological polar surface area (TPSA) is 46.4 Å². The average molecular weight is 450 g/mol. The van der Waals surface area contributed by atoms with Crippen molar-refractivity contribution >= 4 is 17.5 Å². The third kappa shape index (κ3) is 3.16. The van der Waals surface area contributed by atoms with Crippen LogP contribution >= 0.6 is 11.6 Å². The van der Waals surface area contributed by atoms with Gasteiger partial charge in [0.05, 0.1) is 24.4 Å². The van der Waals surface area contributed by atoms with Crippen molar-refractivity contribution in [2.75, 3.05) is 18.0 Å². The van der Waals surface area contributed by atoms with Gasteiger partial charge in [-0.05, 0) is 61.6 Å². The van der Waals surface area contributed by atoms with Crippen molar-refractivity contribution in [2.45, 2.75) is 58.0 Å². The number of fused-ring (bicyclic) bond motifs is 5. The molecule has 0 bridgehead atoms. The Bertz CT molecular complexity index is 1160. The fraction of sp³-hybridized carbons (Fsp3) is 0.440. The van der Waals surface area contributed by atoms with Crippen LogP contribution in [0.15, 0.2) is 42.5 Å². The number of hydrogen-bond acceptors (Lipinski definition) is 5. The summed E-state index contributed by atoms with van der Waals surface area (Å²) >= 11 is 6.37. The van der Waals surface area contributed by atoms with Crippen LogP contribution in [0, 0.1) is 0 Å². The second kappa shape index (κ2) is 7.58. The number of nitrogens with zero attached hydrogens (tertiary/aromatic N) is 5. The first kappa shape index (κ1) is 20.2. The molecule has 7 heteroatoms. The second-order valence-corrected chi connectivity index (χ2v) is 9.89. The number of halogens is 1. The molecule has 0 saturated carbocycles. The lowest BCUT2D eigenvalue weighted by molar-refractivity contribution is -0.0553. The molecular weight excluding hydrogens is 422 g/mol. The first-order valence-corrected chi connectivity index (χ1v) is 11.9. The van der Waals surface area contributed by atoms with Crippen LogP contribution in [0.5, 0.6) is 0 Å². The van der Waals surface area contributed by atoms with Gasteiger partial charge in [-0.15, -0.1) is 10.2 Å². The second-order valence-electron chi connectivity index (χ2n) is 9.45. The van der Waals surface area contributed by atoms with Gasteiger partial charge < -0.3 is 9.64 Å². The van der Waals surface area contributed by atoms with E-state index >= 15 is 0 Å². The third-order valence-corrected chi connectivity index (χ3v) is 7.54. The largest absolute Gasteiger partial charge is 0.365 e. The number of ether oxygens (including phenoxy) is 1. The maximum absolute atomic E-state index is 6.37. The van der Waals surface area contributed by atoms with E-state index in [4.69, 9.17) is 16.3 Å². The third-order valence-electron chi connectivity index (χ3n) is 7.31. The minimum Gasteiger partial charge on any atom is -0.365 e. The molecule has 0 N–H and O–H groups in total. The summed E-state index contributed by atoms with van der Waals surface area (Å²) in [7, 11) is 0. The van der Waals surface area contributed by atoms with E-state index < -0.39 is 0 Å². The molecule has 1 saturated heterocycles. The Morgan fingerprint density at radius 3 is 2.62 bits per heavy atom. The van der Waals surface area contributed by atoms with Crippen molar-refractivity contribution < 1.29 is 4.74 Å². The Morgan fingerprint density at radius 2 is 1.81 bits per heavy atom. The molecule has 3 aromatic rings. The Labute approximate surface area is 193 Å². The monoisotopic (exact) mass is 449 g/mol. The van der Waals surface area contributed by atoms with Crippen molar-refractivity contribution in [1.82, 2.24) is 19.7 Å². The number of anilines is 1. The summed E-state index contributed by atoms with van der Waals surface area (Å²) in [4.78, 5) is 4.79. The van der Waals surface area contributed by atoms with Gasteiger partial charge in [-0.25, -0.2) is 0 Å². The highest BCUT2D eigenvalue weighted by Gasteiger charge is 2.43. The predicted molar refractivity (Wildman–Crippen MR) is 125 cm³/mol. The number of rotatable bonds is 2. The first-order chi connectivity index (χ1) is 15.5. The van der Waals surface area contributed by atoms with E-state index in [0.717, 1.165) is 68.1 Å². The summed E-state index contributed by atoms with van der Waals surface area (Å²) in [6.07, 6.45) is 1.91. The van der Waals surface area contributed by atoms with Gasteiger partial charge in [-0.3, -0.25) is 9.47 Å². The lowest BCUT2D eigenvalue weighted by atomic mass is 9.84. The minimum atomic E-state index is -0.158. The van der Waals surface area contributed by atoms with Gasteiger partial charge in [0.1, 0.15) is 0 Å². The van der Waals surface area contributed by atoms with Crippen LogP contribution in [0.25, 0.3) is 5.69 Å². The SMILES string of the molecule is CC(C)N1Cc2cc(Cl)ccc2-n2c(nnc2N2CCC3(CC2)OCc2ccccc23)C1. The summed E-state index contributed by atoms with van der Waals surface area (Å²) in [5.41, 5.74) is 4.89. The van der Waals surface area contributed by atoms with E-state index in [1.807, 2.05) is 6.07 Å². The van der Waals surface area contributed by atoms with E-state index in [2.05, 4.69) is 74.8 Å². The van der Waals surface area contributed by atoms with Crippen molar-refractivity contribution in [3.05, 3.63) is 70.0 Å². The molecule has 6 nitrogen and oxygen atoms in total. The summed E-state index contributed by atoms with van der Waals surface area (Å²) in [5.74, 6) is 1.91. The van der Waals surface area contributed by atoms with Gasteiger partial charge in [0.25, 0.3) is 0 Å². The smallest absolute Gasteiger partial charge is 0.231 e. The normalized spacial score (nSPS) is 19.7. The molecule has 166 valence electrons. The van der Waals surface area contributed by atoms with Crippen LogP contribution in [-0.4, -0.2) is 38.8 Å². The number of hydrogen-bond donors (Lipinski definition) is 0. The Hall–Kier alpha value is -2.41. The molecule has 3 aliphatic rings. The van der Waals surface area contributed by atoms with Crippen LogP contribution < -0.4 is 4.90 Å². The summed E-state index contributed by atoms with van der Waals surface area (Å²) in [6, 6.07) is 15.2. The number of benzene rings is 2. The molecular formula is C25H28ClN5O. The van der Waals surface area contributed by atoms with E-state index in [1.54, 1.807) is 0 Å².